The van der Waals surface area contributed by atoms with E-state index in [1.54, 1.807) is 17.7 Å². The molecule has 0 amide bonds. The van der Waals surface area contributed by atoms with Crippen molar-refractivity contribution in [2.75, 3.05) is 5.32 Å². The van der Waals surface area contributed by atoms with Gasteiger partial charge in [-0.1, -0.05) is 60.2 Å². The fourth-order valence-corrected chi connectivity index (χ4v) is 3.63. The molecule has 4 aromatic rings. The molecule has 0 radical (unpaired) electrons. The Morgan fingerprint density at radius 1 is 0.960 bits per heavy atom. The van der Waals surface area contributed by atoms with Gasteiger partial charge in [-0.2, -0.15) is 0 Å². The number of nitrogens with one attached hydrogen (secondary N) is 1. The van der Waals surface area contributed by atoms with Crippen LogP contribution >= 0.6 is 11.3 Å². The van der Waals surface area contributed by atoms with Crippen molar-refractivity contribution in [2.24, 2.45) is 0 Å². The smallest absolute Gasteiger partial charge is 0.142 e. The van der Waals surface area contributed by atoms with E-state index in [9.17, 15) is 0 Å². The van der Waals surface area contributed by atoms with E-state index in [4.69, 9.17) is 0 Å². The predicted molar refractivity (Wildman–Crippen MR) is 107 cm³/mol. The van der Waals surface area contributed by atoms with E-state index in [1.165, 1.54) is 11.1 Å². The van der Waals surface area contributed by atoms with E-state index in [0.717, 1.165) is 27.2 Å². The van der Waals surface area contributed by atoms with E-state index in [2.05, 4.69) is 64.0 Å². The molecule has 2 aromatic heterocycles. The zero-order chi connectivity index (χ0) is 17.1. The minimum absolute atomic E-state index is 0.828. The van der Waals surface area contributed by atoms with Crippen LogP contribution in [0.25, 0.3) is 27.4 Å². The predicted octanol–water partition coefficient (Wildman–Crippen LogP) is 5.75. The number of rotatable bonds is 4. The van der Waals surface area contributed by atoms with Crippen LogP contribution in [0.3, 0.4) is 0 Å². The van der Waals surface area contributed by atoms with E-state index >= 15 is 0 Å². The lowest BCUT2D eigenvalue weighted by Gasteiger charge is -2.05. The van der Waals surface area contributed by atoms with Gasteiger partial charge in [-0.05, 0) is 24.1 Å². The Morgan fingerprint density at radius 3 is 2.56 bits per heavy atom. The van der Waals surface area contributed by atoms with Gasteiger partial charge >= 0.3 is 0 Å². The van der Waals surface area contributed by atoms with Crippen LogP contribution in [0.4, 0.5) is 5.82 Å². The molecular weight excluding hydrogens is 326 g/mol. The third kappa shape index (κ3) is 3.30. The van der Waals surface area contributed by atoms with Crippen LogP contribution in [0.1, 0.15) is 11.1 Å². The first-order valence-corrected chi connectivity index (χ1v) is 8.96. The Bertz CT molecular complexity index is 1020. The normalized spacial score (nSPS) is 11.2. The SMILES string of the molecule is Cc1ccc(-c2csc3ncnc(NC=Cc4ccccc4)c23)cc1. The number of nitrogens with zero attached hydrogens (tertiary/aromatic N) is 2. The van der Waals surface area contributed by atoms with Crippen molar-refractivity contribution in [3.63, 3.8) is 0 Å². The second-order valence-electron chi connectivity index (χ2n) is 5.81. The lowest BCUT2D eigenvalue weighted by Crippen LogP contribution is -1.93. The molecule has 4 rings (SSSR count). The average Bonchev–Trinajstić information content (AvgIpc) is 3.08. The first kappa shape index (κ1) is 15.5. The van der Waals surface area contributed by atoms with Gasteiger partial charge in [-0.15, -0.1) is 11.3 Å². The molecule has 0 bridgehead atoms. The molecule has 0 unspecified atom stereocenters. The fraction of sp³-hybridized carbons (Fsp3) is 0.0476. The summed E-state index contributed by atoms with van der Waals surface area (Å²) in [5.74, 6) is 0.828. The first-order chi connectivity index (χ1) is 12.3. The highest BCUT2D eigenvalue weighted by Gasteiger charge is 2.12. The molecule has 0 aliphatic heterocycles. The van der Waals surface area contributed by atoms with Gasteiger partial charge in [-0.25, -0.2) is 9.97 Å². The second kappa shape index (κ2) is 6.87. The number of hydrogen-bond acceptors (Lipinski definition) is 4. The highest BCUT2D eigenvalue weighted by atomic mass is 32.1. The molecule has 122 valence electrons. The van der Waals surface area contributed by atoms with Crippen LogP contribution in [0, 0.1) is 6.92 Å². The monoisotopic (exact) mass is 343 g/mol. The van der Waals surface area contributed by atoms with Crippen molar-refractivity contribution in [1.82, 2.24) is 9.97 Å². The summed E-state index contributed by atoms with van der Waals surface area (Å²) in [5, 5.41) is 6.53. The zero-order valence-corrected chi connectivity index (χ0v) is 14.6. The average molecular weight is 343 g/mol. The van der Waals surface area contributed by atoms with Crippen LogP contribution in [0.5, 0.6) is 0 Å². The largest absolute Gasteiger partial charge is 0.346 e. The van der Waals surface area contributed by atoms with E-state index in [1.807, 2.05) is 30.5 Å². The topological polar surface area (TPSA) is 37.8 Å². The van der Waals surface area contributed by atoms with Gasteiger partial charge in [0.2, 0.25) is 0 Å². The van der Waals surface area contributed by atoms with Crippen molar-refractivity contribution in [1.29, 1.82) is 0 Å². The summed E-state index contributed by atoms with van der Waals surface area (Å²) in [7, 11) is 0. The van der Waals surface area contributed by atoms with Gasteiger partial charge in [0, 0.05) is 17.1 Å². The van der Waals surface area contributed by atoms with Crippen LogP contribution < -0.4 is 5.32 Å². The summed E-state index contributed by atoms with van der Waals surface area (Å²) in [5.41, 5.74) is 4.74. The molecule has 2 heterocycles. The van der Waals surface area contributed by atoms with Crippen LogP contribution in [0.15, 0.2) is 72.5 Å². The summed E-state index contributed by atoms with van der Waals surface area (Å²) in [6, 6.07) is 18.7. The quantitative estimate of drug-likeness (QED) is 0.513. The van der Waals surface area contributed by atoms with E-state index < -0.39 is 0 Å². The number of aromatic nitrogens is 2. The number of hydrogen-bond donors (Lipinski definition) is 1. The van der Waals surface area contributed by atoms with Gasteiger partial charge in [-0.3, -0.25) is 0 Å². The lowest BCUT2D eigenvalue weighted by molar-refractivity contribution is 1.23. The summed E-state index contributed by atoms with van der Waals surface area (Å²) in [6.45, 7) is 2.10. The Morgan fingerprint density at radius 2 is 1.76 bits per heavy atom. The van der Waals surface area contributed by atoms with E-state index in [0.29, 0.717) is 0 Å². The van der Waals surface area contributed by atoms with Crippen LogP contribution in [0.2, 0.25) is 0 Å². The number of anilines is 1. The maximum absolute atomic E-state index is 4.45. The molecule has 3 nitrogen and oxygen atoms in total. The summed E-state index contributed by atoms with van der Waals surface area (Å²) >= 11 is 1.64. The molecule has 25 heavy (non-hydrogen) atoms. The second-order valence-corrected chi connectivity index (χ2v) is 6.66. The number of fused-ring (bicyclic) bond motifs is 1. The number of thiophene rings is 1. The minimum Gasteiger partial charge on any atom is -0.346 e. The standard InChI is InChI=1S/C21H17N3S/c1-15-7-9-17(10-8-15)18-13-25-21-19(18)20(23-14-24-21)22-12-11-16-5-3-2-4-6-16/h2-14H,1H3,(H,22,23,24). The maximum Gasteiger partial charge on any atom is 0.142 e. The third-order valence-corrected chi connectivity index (χ3v) is 4.91. The zero-order valence-electron chi connectivity index (χ0n) is 13.8. The highest BCUT2D eigenvalue weighted by Crippen LogP contribution is 2.36. The summed E-state index contributed by atoms with van der Waals surface area (Å²) < 4.78 is 0. The van der Waals surface area contributed by atoms with Crippen molar-refractivity contribution in [2.45, 2.75) is 6.92 Å². The molecule has 4 heteroatoms. The number of benzene rings is 2. The third-order valence-electron chi connectivity index (χ3n) is 4.03. The maximum atomic E-state index is 4.45. The molecule has 2 aromatic carbocycles. The molecule has 0 aliphatic rings. The first-order valence-electron chi connectivity index (χ1n) is 8.08. The molecule has 0 aliphatic carbocycles. The molecule has 0 atom stereocenters. The van der Waals surface area contributed by atoms with Crippen molar-refractivity contribution >= 4 is 33.4 Å². The minimum atomic E-state index is 0.828. The Balaban J connectivity index is 1.70. The Hall–Kier alpha value is -2.98. The van der Waals surface area contributed by atoms with Crippen LogP contribution in [-0.4, -0.2) is 9.97 Å². The van der Waals surface area contributed by atoms with Gasteiger partial charge in [0.25, 0.3) is 0 Å². The summed E-state index contributed by atoms with van der Waals surface area (Å²) in [6.07, 6.45) is 5.57. The molecular formula is C21H17N3S. The van der Waals surface area contributed by atoms with Crippen molar-refractivity contribution in [3.05, 3.63) is 83.6 Å². The molecule has 0 spiro atoms. The molecule has 0 fully saturated rings. The van der Waals surface area contributed by atoms with Gasteiger partial charge in [0.15, 0.2) is 0 Å². The van der Waals surface area contributed by atoms with Gasteiger partial charge in [0.1, 0.15) is 17.0 Å². The van der Waals surface area contributed by atoms with Crippen molar-refractivity contribution < 1.29 is 0 Å². The fourth-order valence-electron chi connectivity index (χ4n) is 2.71. The number of aryl methyl sites for hydroxylation is 1. The van der Waals surface area contributed by atoms with E-state index in [-0.39, 0.29) is 0 Å². The van der Waals surface area contributed by atoms with Gasteiger partial charge < -0.3 is 5.32 Å². The van der Waals surface area contributed by atoms with Crippen molar-refractivity contribution in [3.8, 4) is 11.1 Å². The van der Waals surface area contributed by atoms with Gasteiger partial charge in [0.05, 0.1) is 5.39 Å². The highest BCUT2D eigenvalue weighted by molar-refractivity contribution is 7.17. The Labute approximate surface area is 150 Å². The molecule has 0 saturated carbocycles. The van der Waals surface area contributed by atoms with Crippen LogP contribution in [-0.2, 0) is 0 Å². The Kier molecular flexibility index (Phi) is 4.27. The molecule has 1 N–H and O–H groups in total. The molecule has 0 saturated heterocycles. The lowest BCUT2D eigenvalue weighted by atomic mass is 10.0. The summed E-state index contributed by atoms with van der Waals surface area (Å²) in [4.78, 5) is 9.85.